The maximum atomic E-state index is 12.4. The molecule has 168 valence electrons. The van der Waals surface area contributed by atoms with Crippen LogP contribution < -0.4 is 5.32 Å². The molecule has 0 aliphatic carbocycles. The number of carbonyl (C=O) groups is 4. The molecule has 1 amide bonds. The number of likely N-dealkylation sites (tertiary alicyclic amines) is 1. The first kappa shape index (κ1) is 18.1. The fourth-order valence-corrected chi connectivity index (χ4v) is 2.52. The molecule has 0 radical (unpaired) electrons. The molecule has 29 heavy (non-hydrogen) atoms. The second-order valence-electron chi connectivity index (χ2n) is 7.69. The summed E-state index contributed by atoms with van der Waals surface area (Å²) in [5.41, 5.74) is -2.96. The number of carbonyl (C=O) groups excluding carboxylic acids is 4. The van der Waals surface area contributed by atoms with Gasteiger partial charge in [-0.05, 0) is 53.9 Å². The van der Waals surface area contributed by atoms with E-state index in [9.17, 15) is 19.2 Å². The second kappa shape index (κ2) is 11.5. The van der Waals surface area contributed by atoms with Crippen molar-refractivity contribution in [1.82, 2.24) is 10.2 Å². The van der Waals surface area contributed by atoms with Gasteiger partial charge in [-0.1, -0.05) is 6.85 Å². The lowest BCUT2D eigenvalue weighted by Gasteiger charge is -2.36. The molecular weight excluding hydrogens is 400 g/mol. The molecule has 0 aromatic carbocycles. The Morgan fingerprint density at radius 2 is 2.03 bits per heavy atom. The lowest BCUT2D eigenvalue weighted by atomic mass is 9.79. The number of hydrogen-bond donors (Lipinski definition) is 1. The van der Waals surface area contributed by atoms with Gasteiger partial charge in [-0.15, -0.1) is 12.4 Å². The van der Waals surface area contributed by atoms with E-state index in [0.29, 0.717) is 13.0 Å². The Bertz CT molecular complexity index is 784. The quantitative estimate of drug-likeness (QED) is 0.519. The number of Topliss-reactive ketones (excluding diaryl/α,β-unsaturated/α-hetero) is 2. The van der Waals surface area contributed by atoms with Crippen LogP contribution in [0.15, 0.2) is 0 Å². The largest absolute Gasteiger partial charge is 0.465 e. The molecule has 0 saturated carbocycles. The van der Waals surface area contributed by atoms with Crippen LogP contribution in [0.1, 0.15) is 62.5 Å². The number of esters is 1. The summed E-state index contributed by atoms with van der Waals surface area (Å²) in [6, 6.07) is 0. The summed E-state index contributed by atoms with van der Waals surface area (Å²) in [4.78, 5) is 48.7. The average molecular weight is 441 g/mol. The molecule has 2 heterocycles. The summed E-state index contributed by atoms with van der Waals surface area (Å²) in [6.45, 7) is 1.90. The van der Waals surface area contributed by atoms with Crippen LogP contribution in [0.5, 0.6) is 0 Å². The van der Waals surface area contributed by atoms with Crippen molar-refractivity contribution >= 4 is 36.0 Å². The standard InChI is InChI=1S/C14H23NO5.C6H11NO.ClH/c1-6-19-11(17)14(5)7-8-15(9-10(14)16)12(18)20-13(2,3)4;1-5-2-3-7-4-6(5)8;/h6-9H2,1-5H3;5,7H,2-4H2,1H3;1H/i5D3;1D3;. The average Bonchev–Trinajstić information content (AvgIpc) is 2.65. The zero-order chi connectivity index (χ0) is 26.5. The van der Waals surface area contributed by atoms with Crippen LogP contribution in [0, 0.1) is 11.3 Å². The minimum Gasteiger partial charge on any atom is -0.465 e. The van der Waals surface area contributed by atoms with Gasteiger partial charge in [0.25, 0.3) is 0 Å². The molecule has 8 nitrogen and oxygen atoms in total. The number of halogens is 1. The van der Waals surface area contributed by atoms with Crippen molar-refractivity contribution in [2.45, 2.75) is 59.8 Å². The number of ether oxygens (including phenoxy) is 2. The maximum absolute atomic E-state index is 12.4. The summed E-state index contributed by atoms with van der Waals surface area (Å²) in [6.07, 6.45) is -0.593. The van der Waals surface area contributed by atoms with Gasteiger partial charge in [-0.3, -0.25) is 14.4 Å². The molecule has 2 fully saturated rings. The van der Waals surface area contributed by atoms with Gasteiger partial charge in [-0.25, -0.2) is 4.79 Å². The fourth-order valence-electron chi connectivity index (χ4n) is 2.52. The minimum atomic E-state index is -2.84. The molecule has 2 rings (SSSR count). The van der Waals surface area contributed by atoms with Crippen LogP contribution in [0.25, 0.3) is 0 Å². The van der Waals surface area contributed by atoms with E-state index in [1.807, 2.05) is 0 Å². The zero-order valence-corrected chi connectivity index (χ0v) is 18.1. The SMILES string of the molecule is Cl.[2H]C([2H])([2H])C1(C(=O)OCC)CCN(C(=O)OC(C)(C)C)CC1=O.[2H]C([2H])([2H])C1CCNCC1=O. The van der Waals surface area contributed by atoms with Gasteiger partial charge in [0, 0.05) is 20.7 Å². The van der Waals surface area contributed by atoms with Crippen molar-refractivity contribution in [2.75, 3.05) is 32.8 Å². The number of amides is 1. The van der Waals surface area contributed by atoms with E-state index in [-0.39, 0.29) is 44.3 Å². The molecule has 0 bridgehead atoms. The summed E-state index contributed by atoms with van der Waals surface area (Å²) in [7, 11) is 0. The molecule has 0 aromatic rings. The lowest BCUT2D eigenvalue weighted by Crippen LogP contribution is -2.53. The Morgan fingerprint density at radius 1 is 1.34 bits per heavy atom. The van der Waals surface area contributed by atoms with Crippen LogP contribution in [0.2, 0.25) is 0 Å². The molecule has 1 N–H and O–H groups in total. The third-order valence-corrected chi connectivity index (χ3v) is 4.14. The van der Waals surface area contributed by atoms with Gasteiger partial charge in [0.05, 0.1) is 19.7 Å². The van der Waals surface area contributed by atoms with Gasteiger partial charge >= 0.3 is 12.1 Å². The van der Waals surface area contributed by atoms with Crippen LogP contribution in [-0.2, 0) is 23.9 Å². The van der Waals surface area contributed by atoms with Crippen LogP contribution in [-0.4, -0.2) is 66.9 Å². The van der Waals surface area contributed by atoms with Crippen LogP contribution in [0.3, 0.4) is 0 Å². The number of piperidine rings is 2. The van der Waals surface area contributed by atoms with E-state index in [1.54, 1.807) is 20.8 Å². The van der Waals surface area contributed by atoms with E-state index in [1.165, 1.54) is 6.92 Å². The Balaban J connectivity index is 0.000000807. The van der Waals surface area contributed by atoms with Gasteiger partial charge in [0.1, 0.15) is 16.8 Å². The molecule has 2 atom stereocenters. The molecule has 2 unspecified atom stereocenters. The summed E-state index contributed by atoms with van der Waals surface area (Å²) >= 11 is 0. The maximum Gasteiger partial charge on any atom is 0.410 e. The van der Waals surface area contributed by atoms with E-state index < -0.39 is 55.0 Å². The van der Waals surface area contributed by atoms with Gasteiger partial charge in [0.2, 0.25) is 0 Å². The predicted octanol–water partition coefficient (Wildman–Crippen LogP) is 2.37. The van der Waals surface area contributed by atoms with Gasteiger partial charge in [0.15, 0.2) is 5.78 Å². The molecule has 0 spiro atoms. The smallest absolute Gasteiger partial charge is 0.410 e. The normalized spacial score (nSPS) is 28.6. The first-order valence-electron chi connectivity index (χ1n) is 12.3. The van der Waals surface area contributed by atoms with Gasteiger partial charge in [-0.2, -0.15) is 0 Å². The molecule has 0 aromatic heterocycles. The Hall–Kier alpha value is -1.67. The van der Waals surface area contributed by atoms with E-state index in [4.69, 9.17) is 17.7 Å². The topological polar surface area (TPSA) is 102 Å². The monoisotopic (exact) mass is 440 g/mol. The second-order valence-corrected chi connectivity index (χ2v) is 7.69. The van der Waals surface area contributed by atoms with E-state index >= 15 is 0 Å². The van der Waals surface area contributed by atoms with E-state index in [0.717, 1.165) is 4.90 Å². The van der Waals surface area contributed by atoms with Crippen molar-refractivity contribution in [3.05, 3.63) is 0 Å². The van der Waals surface area contributed by atoms with E-state index in [2.05, 4.69) is 5.32 Å². The molecule has 2 aliphatic rings. The Morgan fingerprint density at radius 3 is 2.48 bits per heavy atom. The highest BCUT2D eigenvalue weighted by Gasteiger charge is 2.47. The molecular formula is C20H35ClN2O6. The number of nitrogens with one attached hydrogen (secondary N) is 1. The number of rotatable bonds is 2. The van der Waals surface area contributed by atoms with Crippen molar-refractivity contribution < 1.29 is 36.9 Å². The molecule has 9 heteroatoms. The Labute approximate surface area is 187 Å². The first-order valence-corrected chi connectivity index (χ1v) is 9.28. The van der Waals surface area contributed by atoms with Gasteiger partial charge < -0.3 is 19.7 Å². The summed E-state index contributed by atoms with van der Waals surface area (Å²) < 4.78 is 53.9. The highest BCUT2D eigenvalue weighted by atomic mass is 35.5. The Kier molecular flexibility index (Phi) is 7.19. The summed E-state index contributed by atoms with van der Waals surface area (Å²) in [5.74, 6) is -2.83. The zero-order valence-electron chi connectivity index (χ0n) is 23.3. The third-order valence-electron chi connectivity index (χ3n) is 4.14. The number of hydrogen-bond acceptors (Lipinski definition) is 7. The first-order chi connectivity index (χ1) is 15.4. The van der Waals surface area contributed by atoms with Crippen molar-refractivity contribution in [3.63, 3.8) is 0 Å². The molecule has 2 saturated heterocycles. The number of nitrogens with zero attached hydrogens (tertiary/aromatic N) is 1. The van der Waals surface area contributed by atoms with Crippen molar-refractivity contribution in [2.24, 2.45) is 11.3 Å². The fraction of sp³-hybridized carbons (Fsp3) is 0.800. The molecule has 2 aliphatic heterocycles. The van der Waals surface area contributed by atoms with Crippen LogP contribution >= 0.6 is 12.4 Å². The lowest BCUT2D eigenvalue weighted by molar-refractivity contribution is -0.162. The third kappa shape index (κ3) is 8.30. The number of ketones is 2. The van der Waals surface area contributed by atoms with Crippen LogP contribution in [0.4, 0.5) is 4.79 Å². The summed E-state index contributed by atoms with van der Waals surface area (Å²) in [5, 5.41) is 2.84. The van der Waals surface area contributed by atoms with Crippen molar-refractivity contribution in [3.8, 4) is 0 Å². The highest BCUT2D eigenvalue weighted by molar-refractivity contribution is 6.05. The van der Waals surface area contributed by atoms with Crippen molar-refractivity contribution in [1.29, 1.82) is 0 Å². The minimum absolute atomic E-state index is 0. The highest BCUT2D eigenvalue weighted by Crippen LogP contribution is 2.30. The predicted molar refractivity (Wildman–Crippen MR) is 111 cm³/mol.